The molecule has 0 saturated carbocycles. The van der Waals surface area contributed by atoms with Gasteiger partial charge in [-0.1, -0.05) is 27.5 Å². The molecule has 2 N–H and O–H groups in total. The molecule has 1 heterocycles. The summed E-state index contributed by atoms with van der Waals surface area (Å²) in [4.78, 5) is 4.03. The lowest BCUT2D eigenvalue weighted by Crippen LogP contribution is -1.94. The van der Waals surface area contributed by atoms with Crippen LogP contribution in [0.25, 0.3) is 11.3 Å². The second-order valence-corrected chi connectivity index (χ2v) is 4.24. The van der Waals surface area contributed by atoms with Crippen molar-refractivity contribution in [2.45, 2.75) is 6.54 Å². The van der Waals surface area contributed by atoms with Crippen molar-refractivity contribution in [3.63, 3.8) is 0 Å². The minimum atomic E-state index is 0.290. The summed E-state index contributed by atoms with van der Waals surface area (Å²) in [5.74, 6) is 1.17. The summed E-state index contributed by atoms with van der Waals surface area (Å²) in [5.41, 5.74) is 6.29. The van der Waals surface area contributed by atoms with Gasteiger partial charge in [0.15, 0.2) is 5.76 Å². The summed E-state index contributed by atoms with van der Waals surface area (Å²) < 4.78 is 6.34. The predicted octanol–water partition coefficient (Wildman–Crippen LogP) is 3.22. The molecule has 0 aliphatic carbocycles. The van der Waals surface area contributed by atoms with E-state index in [-0.39, 0.29) is 6.54 Å². The average Bonchev–Trinajstić information content (AvgIpc) is 2.70. The molecule has 3 nitrogen and oxygen atoms in total. The number of benzene rings is 1. The molecule has 0 unspecified atom stereocenters. The van der Waals surface area contributed by atoms with Crippen LogP contribution in [0.2, 0.25) is 5.02 Å². The summed E-state index contributed by atoms with van der Waals surface area (Å²) in [7, 11) is 0. The Morgan fingerprint density at radius 3 is 2.93 bits per heavy atom. The SMILES string of the molecule is NCc1ncc(-c2cc(Cl)ccc2Br)o1. The largest absolute Gasteiger partial charge is 0.439 e. The highest BCUT2D eigenvalue weighted by Crippen LogP contribution is 2.31. The molecule has 0 spiro atoms. The van der Waals surface area contributed by atoms with Crippen molar-refractivity contribution < 1.29 is 4.42 Å². The van der Waals surface area contributed by atoms with Gasteiger partial charge in [0.05, 0.1) is 12.7 Å². The van der Waals surface area contributed by atoms with Crippen LogP contribution in [-0.2, 0) is 6.54 Å². The van der Waals surface area contributed by atoms with E-state index in [1.165, 1.54) is 0 Å². The van der Waals surface area contributed by atoms with Gasteiger partial charge in [-0.05, 0) is 18.2 Å². The van der Waals surface area contributed by atoms with Crippen molar-refractivity contribution in [3.8, 4) is 11.3 Å². The van der Waals surface area contributed by atoms with E-state index in [0.29, 0.717) is 16.7 Å². The van der Waals surface area contributed by atoms with Crippen LogP contribution < -0.4 is 5.73 Å². The maximum atomic E-state index is 5.90. The van der Waals surface area contributed by atoms with E-state index in [1.807, 2.05) is 12.1 Å². The van der Waals surface area contributed by atoms with Gasteiger partial charge in [0, 0.05) is 15.1 Å². The predicted molar refractivity (Wildman–Crippen MR) is 62.5 cm³/mol. The van der Waals surface area contributed by atoms with Crippen molar-refractivity contribution in [2.24, 2.45) is 5.73 Å². The molecule has 0 fully saturated rings. The Balaban J connectivity index is 2.48. The fraction of sp³-hybridized carbons (Fsp3) is 0.100. The molecule has 5 heteroatoms. The second kappa shape index (κ2) is 4.35. The molecule has 0 aliphatic rings. The molecule has 0 radical (unpaired) electrons. The number of hydrogen-bond donors (Lipinski definition) is 1. The molecule has 78 valence electrons. The molecule has 1 aromatic heterocycles. The third kappa shape index (κ3) is 2.22. The minimum Gasteiger partial charge on any atom is -0.439 e. The number of oxazole rings is 1. The van der Waals surface area contributed by atoms with E-state index in [4.69, 9.17) is 21.8 Å². The van der Waals surface area contributed by atoms with Gasteiger partial charge in [-0.2, -0.15) is 0 Å². The van der Waals surface area contributed by atoms with E-state index in [0.717, 1.165) is 10.0 Å². The quantitative estimate of drug-likeness (QED) is 0.922. The Morgan fingerprint density at radius 2 is 2.27 bits per heavy atom. The van der Waals surface area contributed by atoms with Crippen molar-refractivity contribution in [1.29, 1.82) is 0 Å². The third-order valence-electron chi connectivity index (χ3n) is 1.92. The molecule has 0 saturated heterocycles. The van der Waals surface area contributed by atoms with E-state index in [9.17, 15) is 0 Å². The average molecular weight is 288 g/mol. The maximum Gasteiger partial charge on any atom is 0.208 e. The van der Waals surface area contributed by atoms with Crippen LogP contribution in [0.3, 0.4) is 0 Å². The van der Waals surface area contributed by atoms with Gasteiger partial charge < -0.3 is 10.2 Å². The molecular weight excluding hydrogens is 279 g/mol. The Hall–Kier alpha value is -0.840. The molecule has 0 bridgehead atoms. The van der Waals surface area contributed by atoms with Crippen LogP contribution >= 0.6 is 27.5 Å². The first-order chi connectivity index (χ1) is 7.20. The topological polar surface area (TPSA) is 52.0 Å². The van der Waals surface area contributed by atoms with Gasteiger partial charge >= 0.3 is 0 Å². The first kappa shape index (κ1) is 10.7. The second-order valence-electron chi connectivity index (χ2n) is 2.95. The highest BCUT2D eigenvalue weighted by molar-refractivity contribution is 9.10. The monoisotopic (exact) mass is 286 g/mol. The zero-order valence-electron chi connectivity index (χ0n) is 7.71. The summed E-state index contributed by atoms with van der Waals surface area (Å²) >= 11 is 9.32. The third-order valence-corrected chi connectivity index (χ3v) is 2.85. The van der Waals surface area contributed by atoms with Gasteiger partial charge in [-0.25, -0.2) is 4.98 Å². The zero-order valence-corrected chi connectivity index (χ0v) is 10.0. The summed E-state index contributed by atoms with van der Waals surface area (Å²) in [6, 6.07) is 5.48. The number of aromatic nitrogens is 1. The molecule has 15 heavy (non-hydrogen) atoms. The minimum absolute atomic E-state index is 0.290. The van der Waals surface area contributed by atoms with Crippen LogP contribution in [0.5, 0.6) is 0 Å². The molecule has 0 aliphatic heterocycles. The van der Waals surface area contributed by atoms with Crippen LogP contribution in [-0.4, -0.2) is 4.98 Å². The van der Waals surface area contributed by atoms with E-state index in [1.54, 1.807) is 12.3 Å². The van der Waals surface area contributed by atoms with Crippen LogP contribution in [0.4, 0.5) is 0 Å². The van der Waals surface area contributed by atoms with Crippen LogP contribution in [0, 0.1) is 0 Å². The van der Waals surface area contributed by atoms with Crippen molar-refractivity contribution >= 4 is 27.5 Å². The molecule has 2 rings (SSSR count). The maximum absolute atomic E-state index is 5.90. The number of halogens is 2. The standard InChI is InChI=1S/C10H8BrClN2O/c11-8-2-1-6(12)3-7(8)9-5-14-10(4-13)15-9/h1-3,5H,4,13H2. The lowest BCUT2D eigenvalue weighted by molar-refractivity contribution is 0.509. The van der Waals surface area contributed by atoms with E-state index >= 15 is 0 Å². The first-order valence-electron chi connectivity index (χ1n) is 4.31. The Labute approximate surface area is 100 Å². The van der Waals surface area contributed by atoms with Gasteiger partial charge in [0.25, 0.3) is 0 Å². The highest BCUT2D eigenvalue weighted by atomic mass is 79.9. The molecular formula is C10H8BrClN2O. The Morgan fingerprint density at radius 1 is 1.47 bits per heavy atom. The fourth-order valence-corrected chi connectivity index (χ4v) is 1.83. The van der Waals surface area contributed by atoms with Gasteiger partial charge in [0.2, 0.25) is 5.89 Å². The molecule has 0 amide bonds. The lowest BCUT2D eigenvalue weighted by atomic mass is 10.2. The molecule has 1 aromatic carbocycles. The van der Waals surface area contributed by atoms with Crippen LogP contribution in [0.15, 0.2) is 33.3 Å². The van der Waals surface area contributed by atoms with Gasteiger partial charge in [-0.15, -0.1) is 0 Å². The zero-order chi connectivity index (χ0) is 10.8. The van der Waals surface area contributed by atoms with Gasteiger partial charge in [0.1, 0.15) is 0 Å². The van der Waals surface area contributed by atoms with Crippen LogP contribution in [0.1, 0.15) is 5.89 Å². The summed E-state index contributed by atoms with van der Waals surface area (Å²) in [6.45, 7) is 0.290. The van der Waals surface area contributed by atoms with E-state index < -0.39 is 0 Å². The molecule has 0 atom stereocenters. The summed E-state index contributed by atoms with van der Waals surface area (Å²) in [6.07, 6.45) is 1.64. The van der Waals surface area contributed by atoms with Gasteiger partial charge in [-0.3, -0.25) is 0 Å². The number of rotatable bonds is 2. The Bertz CT molecular complexity index is 484. The smallest absolute Gasteiger partial charge is 0.208 e. The normalized spacial score (nSPS) is 10.6. The fourth-order valence-electron chi connectivity index (χ4n) is 1.22. The number of nitrogens with zero attached hydrogens (tertiary/aromatic N) is 1. The van der Waals surface area contributed by atoms with Crippen molar-refractivity contribution in [1.82, 2.24) is 4.98 Å². The highest BCUT2D eigenvalue weighted by Gasteiger charge is 2.09. The number of hydrogen-bond acceptors (Lipinski definition) is 3. The molecule has 2 aromatic rings. The van der Waals surface area contributed by atoms with E-state index in [2.05, 4.69) is 20.9 Å². The Kier molecular flexibility index (Phi) is 3.09. The summed E-state index contributed by atoms with van der Waals surface area (Å²) in [5, 5.41) is 0.652. The van der Waals surface area contributed by atoms with Crippen molar-refractivity contribution in [2.75, 3.05) is 0 Å². The van der Waals surface area contributed by atoms with Crippen molar-refractivity contribution in [3.05, 3.63) is 39.8 Å². The lowest BCUT2D eigenvalue weighted by Gasteiger charge is -2.00. The number of nitrogens with two attached hydrogens (primary N) is 1. The first-order valence-corrected chi connectivity index (χ1v) is 5.48.